The first-order valence-corrected chi connectivity index (χ1v) is 9.32. The van der Waals surface area contributed by atoms with Crippen LogP contribution in [-0.4, -0.2) is 26.5 Å². The highest BCUT2D eigenvalue weighted by Crippen LogP contribution is 2.19. The number of fused-ring (bicyclic) bond motifs is 1. The summed E-state index contributed by atoms with van der Waals surface area (Å²) in [4.78, 5) is 34.2. The van der Waals surface area contributed by atoms with Crippen molar-refractivity contribution in [3.63, 3.8) is 0 Å². The number of amides is 1. The molecule has 6 heteroatoms. The Bertz CT molecular complexity index is 1040. The number of nitrogens with one attached hydrogen (secondary N) is 1. The highest BCUT2D eigenvalue weighted by molar-refractivity contribution is 5.98. The lowest BCUT2D eigenvalue weighted by Crippen LogP contribution is -2.33. The smallest absolute Gasteiger partial charge is 0.260 e. The largest absolute Gasteiger partial charge is 0.349 e. The number of hydrogen-bond donors (Lipinski definition) is 1. The monoisotopic (exact) mass is 362 g/mol. The molecule has 1 amide bonds. The van der Waals surface area contributed by atoms with E-state index in [1.165, 1.54) is 0 Å². The molecule has 4 rings (SSSR count). The van der Waals surface area contributed by atoms with E-state index in [1.54, 1.807) is 29.2 Å². The first kappa shape index (κ1) is 17.4. The summed E-state index contributed by atoms with van der Waals surface area (Å²) < 4.78 is 1.62. The van der Waals surface area contributed by atoms with Crippen molar-refractivity contribution >= 4 is 16.8 Å². The molecule has 0 saturated heterocycles. The Hall–Kier alpha value is -3.02. The molecule has 1 N–H and O–H groups in total. The Morgan fingerprint density at radius 3 is 2.85 bits per heavy atom. The zero-order valence-electron chi connectivity index (χ0n) is 15.3. The summed E-state index contributed by atoms with van der Waals surface area (Å²) in [6.45, 7) is 2.24. The van der Waals surface area contributed by atoms with Crippen molar-refractivity contribution in [1.29, 1.82) is 0 Å². The molecular weight excluding hydrogens is 340 g/mol. The zero-order chi connectivity index (χ0) is 18.8. The van der Waals surface area contributed by atoms with Gasteiger partial charge in [0.2, 0.25) is 0 Å². The van der Waals surface area contributed by atoms with Gasteiger partial charge in [-0.25, -0.2) is 0 Å². The third kappa shape index (κ3) is 3.60. The van der Waals surface area contributed by atoms with Crippen LogP contribution in [0.3, 0.4) is 0 Å². The molecule has 3 aromatic rings. The molecule has 0 unspecified atom stereocenters. The van der Waals surface area contributed by atoms with Gasteiger partial charge in [-0.3, -0.25) is 19.6 Å². The fourth-order valence-electron chi connectivity index (χ4n) is 3.68. The SMILES string of the molecule is Cc1nc2ccn(Cc3cccnc3)c(=O)c2cc1C(=O)NC1CCCC1. The molecule has 3 aromatic heterocycles. The normalized spacial score (nSPS) is 14.6. The van der Waals surface area contributed by atoms with E-state index in [2.05, 4.69) is 15.3 Å². The average molecular weight is 362 g/mol. The Balaban J connectivity index is 1.69. The van der Waals surface area contributed by atoms with Crippen LogP contribution in [0, 0.1) is 6.92 Å². The summed E-state index contributed by atoms with van der Waals surface area (Å²) in [5.74, 6) is -0.143. The van der Waals surface area contributed by atoms with Gasteiger partial charge in [-0.05, 0) is 43.5 Å². The maximum atomic E-state index is 12.9. The molecule has 3 heterocycles. The van der Waals surface area contributed by atoms with Crippen LogP contribution in [-0.2, 0) is 6.54 Å². The molecule has 138 valence electrons. The molecule has 0 atom stereocenters. The fraction of sp³-hybridized carbons (Fsp3) is 0.333. The first-order chi connectivity index (χ1) is 13.1. The molecule has 6 nitrogen and oxygen atoms in total. The second kappa shape index (κ2) is 7.31. The quantitative estimate of drug-likeness (QED) is 0.774. The van der Waals surface area contributed by atoms with Crippen molar-refractivity contribution in [2.75, 3.05) is 0 Å². The summed E-state index contributed by atoms with van der Waals surface area (Å²) in [6.07, 6.45) is 9.52. The number of aromatic nitrogens is 3. The van der Waals surface area contributed by atoms with Crippen LogP contribution in [0.1, 0.15) is 47.3 Å². The zero-order valence-corrected chi connectivity index (χ0v) is 15.3. The van der Waals surface area contributed by atoms with Gasteiger partial charge >= 0.3 is 0 Å². The number of rotatable bonds is 4. The topological polar surface area (TPSA) is 76.9 Å². The maximum Gasteiger partial charge on any atom is 0.260 e. The van der Waals surface area contributed by atoms with Gasteiger partial charge in [0, 0.05) is 24.6 Å². The van der Waals surface area contributed by atoms with Gasteiger partial charge in [-0.2, -0.15) is 0 Å². The second-order valence-electron chi connectivity index (χ2n) is 7.12. The average Bonchev–Trinajstić information content (AvgIpc) is 3.17. The molecule has 0 aromatic carbocycles. The minimum atomic E-state index is -0.154. The van der Waals surface area contributed by atoms with Crippen LogP contribution in [0.5, 0.6) is 0 Å². The minimum Gasteiger partial charge on any atom is -0.349 e. The molecular formula is C21H22N4O2. The molecule has 1 saturated carbocycles. The fourth-order valence-corrected chi connectivity index (χ4v) is 3.68. The van der Waals surface area contributed by atoms with Crippen molar-refractivity contribution in [3.8, 4) is 0 Å². The van der Waals surface area contributed by atoms with E-state index in [-0.39, 0.29) is 17.5 Å². The molecule has 27 heavy (non-hydrogen) atoms. The summed E-state index contributed by atoms with van der Waals surface area (Å²) in [6, 6.07) is 7.50. The van der Waals surface area contributed by atoms with E-state index in [0.29, 0.717) is 28.7 Å². The lowest BCUT2D eigenvalue weighted by molar-refractivity contribution is 0.0937. The Morgan fingerprint density at radius 1 is 1.30 bits per heavy atom. The second-order valence-corrected chi connectivity index (χ2v) is 7.12. The van der Waals surface area contributed by atoms with Crippen LogP contribution >= 0.6 is 0 Å². The molecule has 1 aliphatic rings. The standard InChI is InChI=1S/C21H22N4O2/c1-14-17(20(26)24-16-6-2-3-7-16)11-18-19(23-14)8-10-25(21(18)27)13-15-5-4-9-22-12-15/h4-5,8-12,16H,2-3,6-7,13H2,1H3,(H,24,26). The van der Waals surface area contributed by atoms with Gasteiger partial charge in [0.05, 0.1) is 28.7 Å². The number of aryl methyl sites for hydroxylation is 1. The van der Waals surface area contributed by atoms with Gasteiger partial charge in [0.15, 0.2) is 0 Å². The number of hydrogen-bond acceptors (Lipinski definition) is 4. The van der Waals surface area contributed by atoms with E-state index >= 15 is 0 Å². The van der Waals surface area contributed by atoms with Crippen LogP contribution in [0.15, 0.2) is 47.7 Å². The highest BCUT2D eigenvalue weighted by Gasteiger charge is 2.20. The number of nitrogens with zero attached hydrogens (tertiary/aromatic N) is 3. The van der Waals surface area contributed by atoms with Crippen molar-refractivity contribution in [2.24, 2.45) is 0 Å². The molecule has 0 aliphatic heterocycles. The Kier molecular flexibility index (Phi) is 4.71. The lowest BCUT2D eigenvalue weighted by Gasteiger charge is -2.14. The minimum absolute atomic E-state index is 0.143. The number of carbonyl (C=O) groups is 1. The van der Waals surface area contributed by atoms with E-state index < -0.39 is 0 Å². The lowest BCUT2D eigenvalue weighted by atomic mass is 10.1. The summed E-state index contributed by atoms with van der Waals surface area (Å²) in [5, 5.41) is 3.54. The predicted molar refractivity (Wildman–Crippen MR) is 104 cm³/mol. The van der Waals surface area contributed by atoms with Crippen LogP contribution in [0.25, 0.3) is 10.9 Å². The highest BCUT2D eigenvalue weighted by atomic mass is 16.2. The van der Waals surface area contributed by atoms with E-state index in [0.717, 1.165) is 31.2 Å². The van der Waals surface area contributed by atoms with Gasteiger partial charge in [0.1, 0.15) is 0 Å². The van der Waals surface area contributed by atoms with Crippen LogP contribution in [0.2, 0.25) is 0 Å². The van der Waals surface area contributed by atoms with E-state index in [1.807, 2.05) is 25.1 Å². The van der Waals surface area contributed by atoms with Gasteiger partial charge in [-0.15, -0.1) is 0 Å². The molecule has 1 aliphatic carbocycles. The predicted octanol–water partition coefficient (Wildman–Crippen LogP) is 2.82. The number of carbonyl (C=O) groups excluding carboxylic acids is 1. The van der Waals surface area contributed by atoms with Crippen LogP contribution in [0.4, 0.5) is 0 Å². The summed E-state index contributed by atoms with van der Waals surface area (Å²) in [7, 11) is 0. The molecule has 0 radical (unpaired) electrons. The number of pyridine rings is 3. The third-order valence-electron chi connectivity index (χ3n) is 5.16. The molecule has 0 bridgehead atoms. The Morgan fingerprint density at radius 2 is 2.11 bits per heavy atom. The van der Waals surface area contributed by atoms with Gasteiger partial charge in [-0.1, -0.05) is 18.9 Å². The summed E-state index contributed by atoms with van der Waals surface area (Å²) in [5.41, 5.74) is 2.52. The molecule has 0 spiro atoms. The van der Waals surface area contributed by atoms with Gasteiger partial charge in [0.25, 0.3) is 11.5 Å². The maximum absolute atomic E-state index is 12.9. The first-order valence-electron chi connectivity index (χ1n) is 9.32. The van der Waals surface area contributed by atoms with Crippen molar-refractivity contribution in [3.05, 3.63) is 70.0 Å². The van der Waals surface area contributed by atoms with Crippen molar-refractivity contribution < 1.29 is 4.79 Å². The third-order valence-corrected chi connectivity index (χ3v) is 5.16. The van der Waals surface area contributed by atoms with Gasteiger partial charge < -0.3 is 9.88 Å². The van der Waals surface area contributed by atoms with Crippen molar-refractivity contribution in [1.82, 2.24) is 19.9 Å². The molecule has 1 fully saturated rings. The summed E-state index contributed by atoms with van der Waals surface area (Å²) >= 11 is 0. The van der Waals surface area contributed by atoms with Crippen LogP contribution < -0.4 is 10.9 Å². The van der Waals surface area contributed by atoms with E-state index in [4.69, 9.17) is 0 Å². The van der Waals surface area contributed by atoms with Crippen molar-refractivity contribution in [2.45, 2.75) is 45.2 Å². The van der Waals surface area contributed by atoms with E-state index in [9.17, 15) is 9.59 Å². The Labute approximate surface area is 157 Å².